The molecule has 2 atom stereocenters. The normalized spacial score (nSPS) is 34.1. The molecule has 0 bridgehead atoms. The van der Waals surface area contributed by atoms with Crippen molar-refractivity contribution in [1.82, 2.24) is 15.5 Å². The average molecular weight is 183 g/mol. The Bertz CT molecular complexity index is 203. The van der Waals surface area contributed by atoms with Gasteiger partial charge in [-0.05, 0) is 19.9 Å². The number of amides is 1. The van der Waals surface area contributed by atoms with Gasteiger partial charge in [0, 0.05) is 25.7 Å². The monoisotopic (exact) mass is 183 g/mol. The Morgan fingerprint density at radius 2 is 2.23 bits per heavy atom. The number of nitrogens with zero attached hydrogens (tertiary/aromatic N) is 1. The van der Waals surface area contributed by atoms with Crippen LogP contribution in [0.25, 0.3) is 0 Å². The Labute approximate surface area is 78.7 Å². The van der Waals surface area contributed by atoms with Crippen molar-refractivity contribution in [3.05, 3.63) is 0 Å². The molecule has 0 aromatic carbocycles. The summed E-state index contributed by atoms with van der Waals surface area (Å²) >= 11 is 0. The summed E-state index contributed by atoms with van der Waals surface area (Å²) in [6.07, 6.45) is 1.01. The molecule has 0 aliphatic carbocycles. The highest BCUT2D eigenvalue weighted by Crippen LogP contribution is 2.10. The lowest BCUT2D eigenvalue weighted by molar-refractivity contribution is -0.138. The van der Waals surface area contributed by atoms with Crippen molar-refractivity contribution >= 4 is 5.91 Å². The molecule has 2 aliphatic heterocycles. The second kappa shape index (κ2) is 3.64. The first-order valence-corrected chi connectivity index (χ1v) is 5.03. The third kappa shape index (κ3) is 1.69. The fourth-order valence-electron chi connectivity index (χ4n) is 1.87. The molecule has 2 heterocycles. The van der Waals surface area contributed by atoms with E-state index in [9.17, 15) is 4.79 Å². The second-order valence-electron chi connectivity index (χ2n) is 3.88. The number of hydrogen-bond acceptors (Lipinski definition) is 3. The molecule has 1 amide bonds. The summed E-state index contributed by atoms with van der Waals surface area (Å²) in [4.78, 5) is 13.8. The van der Waals surface area contributed by atoms with Gasteiger partial charge in [-0.1, -0.05) is 0 Å². The molecule has 2 saturated heterocycles. The minimum Gasteiger partial charge on any atom is -0.336 e. The maximum Gasteiger partial charge on any atom is 0.240 e. The molecule has 2 aliphatic rings. The Hall–Kier alpha value is -0.610. The van der Waals surface area contributed by atoms with Crippen LogP contribution in [0.3, 0.4) is 0 Å². The summed E-state index contributed by atoms with van der Waals surface area (Å²) in [5, 5.41) is 6.43. The van der Waals surface area contributed by atoms with Gasteiger partial charge in [0.15, 0.2) is 0 Å². The smallest absolute Gasteiger partial charge is 0.240 e. The van der Waals surface area contributed by atoms with Gasteiger partial charge in [0.05, 0.1) is 6.04 Å². The van der Waals surface area contributed by atoms with Gasteiger partial charge in [-0.3, -0.25) is 4.79 Å². The average Bonchev–Trinajstić information content (AvgIpc) is 2.01. The third-order valence-corrected chi connectivity index (χ3v) is 2.91. The van der Waals surface area contributed by atoms with Crippen molar-refractivity contribution in [2.24, 2.45) is 0 Å². The molecule has 2 fully saturated rings. The maximum atomic E-state index is 11.8. The first-order valence-electron chi connectivity index (χ1n) is 5.03. The number of piperazine rings is 1. The van der Waals surface area contributed by atoms with Gasteiger partial charge in [0.1, 0.15) is 0 Å². The van der Waals surface area contributed by atoms with E-state index in [-0.39, 0.29) is 6.04 Å². The second-order valence-corrected chi connectivity index (χ2v) is 3.88. The quantitative estimate of drug-likeness (QED) is 0.557. The molecule has 0 aromatic heterocycles. The zero-order valence-electron chi connectivity index (χ0n) is 8.05. The fourth-order valence-corrected chi connectivity index (χ4v) is 1.87. The molecular weight excluding hydrogens is 166 g/mol. The zero-order chi connectivity index (χ0) is 9.26. The van der Waals surface area contributed by atoms with Crippen molar-refractivity contribution < 1.29 is 4.79 Å². The first-order chi connectivity index (χ1) is 6.29. The van der Waals surface area contributed by atoms with E-state index in [4.69, 9.17) is 0 Å². The van der Waals surface area contributed by atoms with Crippen LogP contribution in [-0.4, -0.2) is 49.1 Å². The minimum absolute atomic E-state index is 0.112. The third-order valence-electron chi connectivity index (χ3n) is 2.91. The summed E-state index contributed by atoms with van der Waals surface area (Å²) in [5.41, 5.74) is 0. The SMILES string of the molecule is C[C@@H]1CNCCN1C(=O)[C@H]1CCN1. The lowest BCUT2D eigenvalue weighted by Crippen LogP contribution is -2.60. The molecule has 2 N–H and O–H groups in total. The molecule has 0 saturated carbocycles. The molecule has 0 unspecified atom stereocenters. The highest BCUT2D eigenvalue weighted by atomic mass is 16.2. The van der Waals surface area contributed by atoms with Crippen LogP contribution in [0.5, 0.6) is 0 Å². The Kier molecular flexibility index (Phi) is 2.51. The van der Waals surface area contributed by atoms with Gasteiger partial charge < -0.3 is 15.5 Å². The predicted octanol–water partition coefficient (Wildman–Crippen LogP) is -0.831. The lowest BCUT2D eigenvalue weighted by atomic mass is 10.0. The van der Waals surface area contributed by atoms with Crippen LogP contribution in [0.4, 0.5) is 0 Å². The van der Waals surface area contributed by atoms with Crippen LogP contribution in [-0.2, 0) is 4.79 Å². The predicted molar refractivity (Wildman–Crippen MR) is 50.5 cm³/mol. The molecule has 2 rings (SSSR count). The maximum absolute atomic E-state index is 11.8. The number of carbonyl (C=O) groups excluding carboxylic acids is 1. The van der Waals surface area contributed by atoms with E-state index >= 15 is 0 Å². The van der Waals surface area contributed by atoms with E-state index in [2.05, 4.69) is 17.6 Å². The van der Waals surface area contributed by atoms with Gasteiger partial charge in [0.2, 0.25) is 5.91 Å². The standard InChI is InChI=1S/C9H17N3O/c1-7-6-10-4-5-12(7)9(13)8-2-3-11-8/h7-8,10-11H,2-6H2,1H3/t7-,8-/m1/s1. The molecule has 4 nitrogen and oxygen atoms in total. The van der Waals surface area contributed by atoms with E-state index in [1.165, 1.54) is 0 Å². The molecule has 0 radical (unpaired) electrons. The van der Waals surface area contributed by atoms with E-state index in [1.807, 2.05) is 4.90 Å². The van der Waals surface area contributed by atoms with Crippen LogP contribution in [0, 0.1) is 0 Å². The Morgan fingerprint density at radius 1 is 1.46 bits per heavy atom. The molecular formula is C9H17N3O. The van der Waals surface area contributed by atoms with Crippen molar-refractivity contribution in [2.75, 3.05) is 26.2 Å². The zero-order valence-corrected chi connectivity index (χ0v) is 8.05. The van der Waals surface area contributed by atoms with E-state index < -0.39 is 0 Å². The van der Waals surface area contributed by atoms with Crippen molar-refractivity contribution in [1.29, 1.82) is 0 Å². The summed E-state index contributed by atoms with van der Waals surface area (Å²) in [7, 11) is 0. The largest absolute Gasteiger partial charge is 0.336 e. The molecule has 74 valence electrons. The number of nitrogens with one attached hydrogen (secondary N) is 2. The highest BCUT2D eigenvalue weighted by molar-refractivity contribution is 5.83. The van der Waals surface area contributed by atoms with Crippen LogP contribution in [0.2, 0.25) is 0 Å². The van der Waals surface area contributed by atoms with Gasteiger partial charge in [0.25, 0.3) is 0 Å². The van der Waals surface area contributed by atoms with Crippen molar-refractivity contribution in [2.45, 2.75) is 25.4 Å². The van der Waals surface area contributed by atoms with E-state index in [1.54, 1.807) is 0 Å². The van der Waals surface area contributed by atoms with Crippen molar-refractivity contribution in [3.8, 4) is 0 Å². The minimum atomic E-state index is 0.112. The van der Waals surface area contributed by atoms with Crippen LogP contribution in [0.15, 0.2) is 0 Å². The van der Waals surface area contributed by atoms with Crippen LogP contribution >= 0.6 is 0 Å². The van der Waals surface area contributed by atoms with Crippen LogP contribution < -0.4 is 10.6 Å². The van der Waals surface area contributed by atoms with E-state index in [0.717, 1.165) is 32.6 Å². The molecule has 13 heavy (non-hydrogen) atoms. The number of rotatable bonds is 1. The first kappa shape index (κ1) is 8.97. The van der Waals surface area contributed by atoms with Gasteiger partial charge in [-0.2, -0.15) is 0 Å². The van der Waals surface area contributed by atoms with Gasteiger partial charge in [-0.15, -0.1) is 0 Å². The Morgan fingerprint density at radius 3 is 2.77 bits per heavy atom. The summed E-state index contributed by atoms with van der Waals surface area (Å²) in [6.45, 7) is 5.82. The van der Waals surface area contributed by atoms with Gasteiger partial charge in [-0.25, -0.2) is 0 Å². The number of hydrogen-bond donors (Lipinski definition) is 2. The summed E-state index contributed by atoms with van der Waals surface area (Å²) in [5.74, 6) is 0.292. The van der Waals surface area contributed by atoms with E-state index in [0.29, 0.717) is 11.9 Å². The van der Waals surface area contributed by atoms with Gasteiger partial charge >= 0.3 is 0 Å². The van der Waals surface area contributed by atoms with Crippen LogP contribution in [0.1, 0.15) is 13.3 Å². The Balaban J connectivity index is 1.93. The molecule has 4 heteroatoms. The molecule has 0 aromatic rings. The summed E-state index contributed by atoms with van der Waals surface area (Å²) in [6, 6.07) is 0.462. The molecule has 0 spiro atoms. The topological polar surface area (TPSA) is 44.4 Å². The highest BCUT2D eigenvalue weighted by Gasteiger charge is 2.32. The fraction of sp³-hybridized carbons (Fsp3) is 0.889. The summed E-state index contributed by atoms with van der Waals surface area (Å²) < 4.78 is 0. The lowest BCUT2D eigenvalue weighted by Gasteiger charge is -2.39. The number of carbonyl (C=O) groups is 1. The van der Waals surface area contributed by atoms with Crippen molar-refractivity contribution in [3.63, 3.8) is 0 Å².